The zero-order valence-corrected chi connectivity index (χ0v) is 11.3. The van der Waals surface area contributed by atoms with E-state index in [9.17, 15) is 9.59 Å². The average molecular weight is 260 g/mol. The van der Waals surface area contributed by atoms with E-state index >= 15 is 0 Å². The van der Waals surface area contributed by atoms with E-state index in [1.54, 1.807) is 25.6 Å². The quantitative estimate of drug-likeness (QED) is 0.672. The zero-order chi connectivity index (χ0) is 13.1. The van der Waals surface area contributed by atoms with E-state index in [4.69, 9.17) is 5.11 Å². The van der Waals surface area contributed by atoms with Crippen LogP contribution in [0.2, 0.25) is 0 Å². The molecule has 0 atom stereocenters. The molecular formula is C11H20N2O3S. The van der Waals surface area contributed by atoms with Crippen LogP contribution in [0.15, 0.2) is 0 Å². The smallest absolute Gasteiger partial charge is 0.314 e. The summed E-state index contributed by atoms with van der Waals surface area (Å²) in [7, 11) is 0. The Morgan fingerprint density at radius 2 is 1.94 bits per heavy atom. The highest BCUT2D eigenvalue weighted by Crippen LogP contribution is 2.46. The van der Waals surface area contributed by atoms with Crippen LogP contribution in [0.25, 0.3) is 0 Å². The van der Waals surface area contributed by atoms with E-state index in [-0.39, 0.29) is 17.3 Å². The summed E-state index contributed by atoms with van der Waals surface area (Å²) in [5.74, 6) is -0.916. The van der Waals surface area contributed by atoms with Crippen LogP contribution in [0.4, 0.5) is 4.79 Å². The number of amides is 2. The van der Waals surface area contributed by atoms with Gasteiger partial charge in [-0.25, -0.2) is 4.79 Å². The fourth-order valence-corrected chi connectivity index (χ4v) is 2.00. The minimum Gasteiger partial charge on any atom is -0.481 e. The molecule has 1 saturated carbocycles. The number of thioether (sulfide) groups is 1. The molecule has 0 aromatic rings. The van der Waals surface area contributed by atoms with Gasteiger partial charge in [-0.2, -0.15) is 11.8 Å². The molecule has 1 fully saturated rings. The van der Waals surface area contributed by atoms with Crippen LogP contribution in [0, 0.1) is 5.41 Å². The van der Waals surface area contributed by atoms with Crippen molar-refractivity contribution in [3.8, 4) is 0 Å². The van der Waals surface area contributed by atoms with Crippen LogP contribution >= 0.6 is 11.8 Å². The van der Waals surface area contributed by atoms with Crippen molar-refractivity contribution in [2.24, 2.45) is 5.41 Å². The summed E-state index contributed by atoms with van der Waals surface area (Å²) >= 11 is 1.77. The molecule has 0 bridgehead atoms. The molecule has 0 aliphatic heterocycles. The number of rotatable bonds is 6. The second kappa shape index (κ2) is 5.16. The Bertz CT molecular complexity index is 314. The molecule has 5 nitrogen and oxygen atoms in total. The van der Waals surface area contributed by atoms with Crippen molar-refractivity contribution in [2.75, 3.05) is 19.3 Å². The summed E-state index contributed by atoms with van der Waals surface area (Å²) < 4.78 is 0.222. The lowest BCUT2D eigenvalue weighted by Crippen LogP contribution is -2.45. The van der Waals surface area contributed by atoms with E-state index in [1.165, 1.54) is 0 Å². The predicted molar refractivity (Wildman–Crippen MR) is 68.3 cm³/mol. The van der Waals surface area contributed by atoms with Gasteiger partial charge in [-0.3, -0.25) is 4.79 Å². The predicted octanol–water partition coefficient (Wildman–Crippen LogP) is 1.29. The number of carbonyl (C=O) groups excluding carboxylic acids is 1. The first-order valence-corrected chi connectivity index (χ1v) is 6.84. The summed E-state index contributed by atoms with van der Waals surface area (Å²) in [5.41, 5.74) is -0.936. The molecule has 1 aliphatic rings. The van der Waals surface area contributed by atoms with Gasteiger partial charge in [0.2, 0.25) is 0 Å². The molecule has 1 aliphatic carbocycles. The van der Waals surface area contributed by atoms with Crippen molar-refractivity contribution in [3.63, 3.8) is 0 Å². The largest absolute Gasteiger partial charge is 0.481 e. The summed E-state index contributed by atoms with van der Waals surface area (Å²) in [6.45, 7) is 3.94. The summed E-state index contributed by atoms with van der Waals surface area (Å²) in [6, 6.07) is -0.292. The van der Waals surface area contributed by atoms with Crippen molar-refractivity contribution in [1.29, 1.82) is 0 Å². The number of carbonyl (C=O) groups is 2. The van der Waals surface area contributed by atoms with Gasteiger partial charge < -0.3 is 15.7 Å². The Labute approximate surface area is 106 Å². The Hall–Kier alpha value is -0.910. The average Bonchev–Trinajstić information content (AvgIpc) is 3.04. The first-order chi connectivity index (χ1) is 7.81. The van der Waals surface area contributed by atoms with Crippen molar-refractivity contribution in [3.05, 3.63) is 0 Å². The standard InChI is InChI=1S/C11H20N2O3S/c1-10(2,8(14)15)6-12-9(16)13-7-11(17-3)4-5-11/h4-7H2,1-3H3,(H,14,15)(H2,12,13,16). The van der Waals surface area contributed by atoms with Crippen LogP contribution in [-0.4, -0.2) is 41.2 Å². The lowest BCUT2D eigenvalue weighted by Gasteiger charge is -2.20. The Balaban J connectivity index is 2.24. The molecule has 17 heavy (non-hydrogen) atoms. The number of carboxylic acid groups (broad SMARTS) is 1. The Kier molecular flexibility index (Phi) is 4.30. The first kappa shape index (κ1) is 14.2. The number of carboxylic acids is 1. The summed E-state index contributed by atoms with van der Waals surface area (Å²) in [5, 5.41) is 14.3. The van der Waals surface area contributed by atoms with Crippen LogP contribution in [-0.2, 0) is 4.79 Å². The van der Waals surface area contributed by atoms with E-state index in [1.807, 2.05) is 6.26 Å². The van der Waals surface area contributed by atoms with Gasteiger partial charge in [-0.1, -0.05) is 0 Å². The molecule has 3 N–H and O–H groups in total. The lowest BCUT2D eigenvalue weighted by atomic mass is 9.94. The highest BCUT2D eigenvalue weighted by molar-refractivity contribution is 8.00. The molecule has 0 aromatic carbocycles. The molecule has 0 saturated heterocycles. The molecule has 2 amide bonds. The summed E-state index contributed by atoms with van der Waals surface area (Å²) in [4.78, 5) is 22.3. The third kappa shape index (κ3) is 4.11. The highest BCUT2D eigenvalue weighted by atomic mass is 32.2. The topological polar surface area (TPSA) is 78.4 Å². The SMILES string of the molecule is CSC1(CNC(=O)NCC(C)(C)C(=O)O)CC1. The second-order valence-electron chi connectivity index (χ2n) is 5.11. The van der Waals surface area contributed by atoms with Crippen molar-refractivity contribution < 1.29 is 14.7 Å². The minimum atomic E-state index is -0.936. The van der Waals surface area contributed by atoms with E-state index in [0.717, 1.165) is 12.8 Å². The van der Waals surface area contributed by atoms with E-state index in [2.05, 4.69) is 10.6 Å². The Morgan fingerprint density at radius 3 is 2.35 bits per heavy atom. The monoisotopic (exact) mass is 260 g/mol. The molecule has 0 radical (unpaired) electrons. The van der Waals surface area contributed by atoms with Gasteiger partial charge in [0.25, 0.3) is 0 Å². The third-order valence-corrected chi connectivity index (χ3v) is 4.50. The molecule has 98 valence electrons. The number of hydrogen-bond donors (Lipinski definition) is 3. The number of hydrogen-bond acceptors (Lipinski definition) is 3. The maximum atomic E-state index is 11.5. The molecule has 6 heteroatoms. The van der Waals surface area contributed by atoms with Gasteiger partial charge in [0.15, 0.2) is 0 Å². The van der Waals surface area contributed by atoms with Crippen LogP contribution in [0.1, 0.15) is 26.7 Å². The molecule has 0 aromatic heterocycles. The van der Waals surface area contributed by atoms with Crippen molar-refractivity contribution in [2.45, 2.75) is 31.4 Å². The molecule has 0 unspecified atom stereocenters. The van der Waals surface area contributed by atoms with Gasteiger partial charge in [-0.05, 0) is 32.9 Å². The number of urea groups is 1. The molecule has 0 heterocycles. The fourth-order valence-electron chi connectivity index (χ4n) is 1.27. The van der Waals surface area contributed by atoms with Gasteiger partial charge in [-0.15, -0.1) is 0 Å². The molecule has 1 rings (SSSR count). The number of nitrogens with one attached hydrogen (secondary N) is 2. The van der Waals surface area contributed by atoms with Gasteiger partial charge in [0.1, 0.15) is 0 Å². The third-order valence-electron chi connectivity index (χ3n) is 3.08. The molecule has 0 spiro atoms. The zero-order valence-electron chi connectivity index (χ0n) is 10.5. The first-order valence-electron chi connectivity index (χ1n) is 5.62. The fraction of sp³-hybridized carbons (Fsp3) is 0.818. The number of aliphatic carboxylic acids is 1. The van der Waals surface area contributed by atoms with Gasteiger partial charge in [0, 0.05) is 17.8 Å². The maximum absolute atomic E-state index is 11.5. The van der Waals surface area contributed by atoms with E-state index < -0.39 is 11.4 Å². The minimum absolute atomic E-state index is 0.125. The normalized spacial score (nSPS) is 17.4. The molecular weight excluding hydrogens is 240 g/mol. The van der Waals surface area contributed by atoms with Crippen LogP contribution < -0.4 is 10.6 Å². The van der Waals surface area contributed by atoms with Crippen LogP contribution in [0.5, 0.6) is 0 Å². The van der Waals surface area contributed by atoms with Crippen LogP contribution in [0.3, 0.4) is 0 Å². The van der Waals surface area contributed by atoms with Crippen molar-refractivity contribution >= 4 is 23.8 Å². The van der Waals surface area contributed by atoms with Gasteiger partial charge in [0.05, 0.1) is 5.41 Å². The maximum Gasteiger partial charge on any atom is 0.314 e. The summed E-state index contributed by atoms with van der Waals surface area (Å²) in [6.07, 6.45) is 4.31. The second-order valence-corrected chi connectivity index (χ2v) is 6.39. The Morgan fingerprint density at radius 1 is 1.35 bits per heavy atom. The lowest BCUT2D eigenvalue weighted by molar-refractivity contribution is -0.146. The van der Waals surface area contributed by atoms with E-state index in [0.29, 0.717) is 6.54 Å². The van der Waals surface area contributed by atoms with Crippen molar-refractivity contribution in [1.82, 2.24) is 10.6 Å². The van der Waals surface area contributed by atoms with Gasteiger partial charge >= 0.3 is 12.0 Å². The highest BCUT2D eigenvalue weighted by Gasteiger charge is 2.42.